The highest BCUT2D eigenvalue weighted by Gasteiger charge is 2.09. The summed E-state index contributed by atoms with van der Waals surface area (Å²) in [5, 5.41) is 10.0. The molecule has 0 saturated heterocycles. The van der Waals surface area contributed by atoms with Crippen molar-refractivity contribution >= 4 is 5.97 Å². The zero-order valence-corrected chi connectivity index (χ0v) is 4.38. The Morgan fingerprint density at radius 1 is 1.88 bits per heavy atom. The summed E-state index contributed by atoms with van der Waals surface area (Å²) in [6.45, 7) is 1.17. The molecular formula is C5H5O3. The quantitative estimate of drug-likeness (QED) is 0.353. The minimum Gasteiger partial charge on any atom is -0.370 e. The fourth-order valence-electron chi connectivity index (χ4n) is 0.141. The van der Waals surface area contributed by atoms with E-state index in [4.69, 9.17) is 0 Å². The van der Waals surface area contributed by atoms with E-state index in [1.165, 1.54) is 6.92 Å². The monoisotopic (exact) mass is 113 g/mol. The molecule has 0 aliphatic heterocycles. The van der Waals surface area contributed by atoms with E-state index in [1.54, 1.807) is 6.11 Å². The molecule has 0 bridgehead atoms. The Morgan fingerprint density at radius 2 is 2.38 bits per heavy atom. The second kappa shape index (κ2) is 3.05. The number of rotatable bonds is 1. The van der Waals surface area contributed by atoms with Gasteiger partial charge in [-0.1, -0.05) is 6.42 Å². The van der Waals surface area contributed by atoms with Crippen LogP contribution in [0.4, 0.5) is 0 Å². The molecule has 1 radical (unpaired) electrons. The predicted molar refractivity (Wildman–Crippen MR) is 25.1 cm³/mol. The molecule has 8 heavy (non-hydrogen) atoms. The molecule has 3 heteroatoms. The van der Waals surface area contributed by atoms with E-state index in [0.717, 1.165) is 0 Å². The van der Waals surface area contributed by atoms with Crippen LogP contribution in [-0.2, 0) is 14.6 Å². The van der Waals surface area contributed by atoms with Gasteiger partial charge in [-0.05, 0) is 6.92 Å². The first kappa shape index (κ1) is 6.99. The summed E-state index contributed by atoms with van der Waals surface area (Å²) in [7, 11) is 0. The average Bonchev–Trinajstić information content (AvgIpc) is 1.67. The normalized spacial score (nSPS) is 11.6. The third-order valence-electron chi connectivity index (χ3n) is 0.491. The van der Waals surface area contributed by atoms with Crippen molar-refractivity contribution in [3.63, 3.8) is 0 Å². The highest BCUT2D eigenvalue weighted by molar-refractivity contribution is 5.74. The molecular weight excluding hydrogens is 108 g/mol. The molecule has 0 aromatic heterocycles. The summed E-state index contributed by atoms with van der Waals surface area (Å²) in [6, 6.07) is 0. The van der Waals surface area contributed by atoms with E-state index >= 15 is 0 Å². The standard InChI is InChI=1S/C5H5O3/c1-3-8-5(7)4(2)6/h1,4H,2H3. The molecule has 0 N–H and O–H groups in total. The van der Waals surface area contributed by atoms with Gasteiger partial charge in [-0.15, -0.1) is 0 Å². The van der Waals surface area contributed by atoms with Crippen LogP contribution >= 0.6 is 0 Å². The zero-order valence-electron chi connectivity index (χ0n) is 4.38. The molecule has 0 saturated carbocycles. The molecule has 0 aliphatic rings. The SMILES string of the molecule is C#COC(=O)C(C)[O]. The van der Waals surface area contributed by atoms with Crippen molar-refractivity contribution < 1.29 is 14.6 Å². The predicted octanol–water partition coefficient (Wildman–Crippen LogP) is -0.0607. The van der Waals surface area contributed by atoms with Crippen molar-refractivity contribution in [2.75, 3.05) is 0 Å². The fraction of sp³-hybridized carbons (Fsp3) is 0.400. The van der Waals surface area contributed by atoms with Gasteiger partial charge in [0.05, 0.1) is 0 Å². The van der Waals surface area contributed by atoms with Gasteiger partial charge in [0, 0.05) is 0 Å². The van der Waals surface area contributed by atoms with Crippen molar-refractivity contribution in [3.05, 3.63) is 0 Å². The second-order valence-electron chi connectivity index (χ2n) is 1.18. The number of carbonyl (C=O) groups excluding carboxylic acids is 1. The Kier molecular flexibility index (Phi) is 2.67. The Hall–Kier alpha value is -1.01. The maximum Gasteiger partial charge on any atom is 0.352 e. The van der Waals surface area contributed by atoms with Gasteiger partial charge in [0.25, 0.3) is 0 Å². The van der Waals surface area contributed by atoms with E-state index in [-0.39, 0.29) is 0 Å². The Balaban J connectivity index is 3.53. The Bertz CT molecular complexity index is 120. The number of hydrogen-bond donors (Lipinski definition) is 0. The molecule has 43 valence electrons. The van der Waals surface area contributed by atoms with Gasteiger partial charge in [-0.2, -0.15) is 0 Å². The number of carbonyl (C=O) groups is 1. The number of ether oxygens (including phenoxy) is 1. The van der Waals surface area contributed by atoms with E-state index in [2.05, 4.69) is 11.2 Å². The maximum atomic E-state index is 10.1. The van der Waals surface area contributed by atoms with Crippen molar-refractivity contribution in [2.45, 2.75) is 13.0 Å². The fourth-order valence-corrected chi connectivity index (χ4v) is 0.141. The van der Waals surface area contributed by atoms with Gasteiger partial charge in [0.1, 0.15) is 6.11 Å². The van der Waals surface area contributed by atoms with E-state index in [1.807, 2.05) is 0 Å². The van der Waals surface area contributed by atoms with Gasteiger partial charge in [-0.25, -0.2) is 9.90 Å². The lowest BCUT2D eigenvalue weighted by molar-refractivity contribution is -0.148. The van der Waals surface area contributed by atoms with Crippen LogP contribution < -0.4 is 0 Å². The first-order valence-electron chi connectivity index (χ1n) is 2.00. The molecule has 1 atom stereocenters. The Morgan fingerprint density at radius 3 is 2.50 bits per heavy atom. The van der Waals surface area contributed by atoms with Crippen LogP contribution in [0.1, 0.15) is 6.92 Å². The molecule has 0 heterocycles. The van der Waals surface area contributed by atoms with Crippen LogP contribution in [0.3, 0.4) is 0 Å². The van der Waals surface area contributed by atoms with Crippen molar-refractivity contribution in [1.82, 2.24) is 0 Å². The maximum absolute atomic E-state index is 10.1. The lowest BCUT2D eigenvalue weighted by Crippen LogP contribution is -2.15. The van der Waals surface area contributed by atoms with E-state index in [0.29, 0.717) is 0 Å². The van der Waals surface area contributed by atoms with Crippen LogP contribution in [0.5, 0.6) is 0 Å². The summed E-state index contributed by atoms with van der Waals surface area (Å²) in [5.41, 5.74) is 0. The molecule has 0 aromatic rings. The van der Waals surface area contributed by atoms with Gasteiger partial charge in [0.2, 0.25) is 0 Å². The van der Waals surface area contributed by atoms with E-state index < -0.39 is 12.1 Å². The first-order chi connectivity index (χ1) is 3.68. The summed E-state index contributed by atoms with van der Waals surface area (Å²) >= 11 is 0. The summed E-state index contributed by atoms with van der Waals surface area (Å²) in [6.07, 6.45) is 4.75. The van der Waals surface area contributed by atoms with Crippen molar-refractivity contribution in [3.8, 4) is 12.5 Å². The molecule has 0 rings (SSSR count). The smallest absolute Gasteiger partial charge is 0.352 e. The minimum absolute atomic E-state index is 0.910. The van der Waals surface area contributed by atoms with Gasteiger partial charge < -0.3 is 4.74 Å². The largest absolute Gasteiger partial charge is 0.370 e. The van der Waals surface area contributed by atoms with Gasteiger partial charge in [0.15, 0.2) is 6.10 Å². The van der Waals surface area contributed by atoms with E-state index in [9.17, 15) is 9.90 Å². The highest BCUT2D eigenvalue weighted by atomic mass is 16.5. The van der Waals surface area contributed by atoms with Crippen LogP contribution in [0, 0.1) is 12.5 Å². The molecule has 0 spiro atoms. The molecule has 0 aromatic carbocycles. The lowest BCUT2D eigenvalue weighted by Gasteiger charge is -1.92. The topological polar surface area (TPSA) is 46.2 Å². The second-order valence-corrected chi connectivity index (χ2v) is 1.18. The Labute approximate surface area is 47.3 Å². The van der Waals surface area contributed by atoms with Crippen LogP contribution in [0.25, 0.3) is 0 Å². The number of esters is 1. The zero-order chi connectivity index (χ0) is 6.57. The first-order valence-corrected chi connectivity index (χ1v) is 2.00. The molecule has 3 nitrogen and oxygen atoms in total. The highest BCUT2D eigenvalue weighted by Crippen LogP contribution is 1.83. The molecule has 1 unspecified atom stereocenters. The third-order valence-corrected chi connectivity index (χ3v) is 0.491. The van der Waals surface area contributed by atoms with Crippen LogP contribution in [0.2, 0.25) is 0 Å². The summed E-state index contributed by atoms with van der Waals surface area (Å²) in [4.78, 5) is 10.1. The molecule has 0 amide bonds. The molecule has 0 aliphatic carbocycles. The van der Waals surface area contributed by atoms with Gasteiger partial charge in [-0.3, -0.25) is 0 Å². The lowest BCUT2D eigenvalue weighted by atomic mass is 10.4. The number of terminal acetylenes is 1. The summed E-state index contributed by atoms with van der Waals surface area (Å²) in [5.74, 6) is -0.910. The third kappa shape index (κ3) is 2.21. The average molecular weight is 113 g/mol. The number of hydrogen-bond acceptors (Lipinski definition) is 2. The molecule has 0 fully saturated rings. The van der Waals surface area contributed by atoms with Crippen LogP contribution in [0.15, 0.2) is 0 Å². The van der Waals surface area contributed by atoms with Crippen molar-refractivity contribution in [2.24, 2.45) is 0 Å². The van der Waals surface area contributed by atoms with Crippen molar-refractivity contribution in [1.29, 1.82) is 0 Å². The summed E-state index contributed by atoms with van der Waals surface area (Å²) < 4.78 is 3.88. The minimum atomic E-state index is -1.38. The van der Waals surface area contributed by atoms with Gasteiger partial charge >= 0.3 is 5.97 Å². The van der Waals surface area contributed by atoms with Crippen LogP contribution in [-0.4, -0.2) is 12.1 Å².